The first-order valence-corrected chi connectivity index (χ1v) is 18.9. The van der Waals surface area contributed by atoms with Crippen LogP contribution in [0.4, 0.5) is 0 Å². The van der Waals surface area contributed by atoms with Crippen LogP contribution in [-0.4, -0.2) is 15.0 Å². The van der Waals surface area contributed by atoms with Crippen LogP contribution in [0.5, 0.6) is 0 Å². The number of hydrogen-bond acceptors (Lipinski definition) is 3. The van der Waals surface area contributed by atoms with Gasteiger partial charge in [0, 0.05) is 33.1 Å². The number of nitrogens with zero attached hydrogens (tertiary/aromatic N) is 3. The zero-order valence-electron chi connectivity index (χ0n) is 30.7. The predicted molar refractivity (Wildman–Crippen MR) is 228 cm³/mol. The van der Waals surface area contributed by atoms with Gasteiger partial charge in [-0.1, -0.05) is 178 Å². The number of aromatic nitrogens is 3. The van der Waals surface area contributed by atoms with E-state index >= 15 is 0 Å². The first-order valence-electron chi connectivity index (χ1n) is 18.9. The monoisotopic (exact) mass is 703 g/mol. The maximum absolute atomic E-state index is 5.36. The summed E-state index contributed by atoms with van der Waals surface area (Å²) >= 11 is 0. The number of fused-ring (bicyclic) bond motifs is 4. The van der Waals surface area contributed by atoms with E-state index in [1.165, 1.54) is 33.4 Å². The molecule has 3 nitrogen and oxygen atoms in total. The molecule has 55 heavy (non-hydrogen) atoms. The topological polar surface area (TPSA) is 38.7 Å². The van der Waals surface area contributed by atoms with Crippen LogP contribution in [0.25, 0.3) is 89.4 Å². The summed E-state index contributed by atoms with van der Waals surface area (Å²) in [6.07, 6.45) is 0. The van der Waals surface area contributed by atoms with Gasteiger partial charge in [0.15, 0.2) is 5.82 Å². The first-order chi connectivity index (χ1) is 27.0. The third kappa shape index (κ3) is 5.82. The summed E-state index contributed by atoms with van der Waals surface area (Å²) in [6, 6.07) is 66.5. The minimum absolute atomic E-state index is 0.121. The summed E-state index contributed by atoms with van der Waals surface area (Å²) < 4.78 is 0. The third-order valence-corrected chi connectivity index (χ3v) is 11.1. The van der Waals surface area contributed by atoms with E-state index in [1.54, 1.807) is 0 Å². The second kappa shape index (κ2) is 13.2. The standard InChI is InChI=1S/C52H37N3/c1-52(2)45-21-13-12-20-41(45)43-30-44-42(31-47(53-50(44)32-46(43)52)39-26-22-35(23-27-39)34-14-6-3-7-15-34)36-24-28-40(29-25-36)51-54-48(37-16-8-4-9-17-37)33-49(55-51)38-18-10-5-11-19-38/h3-33H,1-2H3. The van der Waals surface area contributed by atoms with E-state index in [-0.39, 0.29) is 5.41 Å². The van der Waals surface area contributed by atoms with E-state index in [1.807, 2.05) is 36.4 Å². The molecule has 0 N–H and O–H groups in total. The van der Waals surface area contributed by atoms with Gasteiger partial charge in [0.05, 0.1) is 22.6 Å². The lowest BCUT2D eigenvalue weighted by Crippen LogP contribution is -2.14. The Morgan fingerprint density at radius 2 is 0.800 bits per heavy atom. The molecule has 0 fully saturated rings. The molecular formula is C52H37N3. The highest BCUT2D eigenvalue weighted by Crippen LogP contribution is 2.50. The largest absolute Gasteiger partial charge is 0.248 e. The zero-order valence-corrected chi connectivity index (χ0v) is 30.7. The number of pyridine rings is 1. The predicted octanol–water partition coefficient (Wildman–Crippen LogP) is 13.3. The maximum Gasteiger partial charge on any atom is 0.160 e. The fourth-order valence-electron chi connectivity index (χ4n) is 8.16. The Balaban J connectivity index is 1.12. The molecule has 0 spiro atoms. The van der Waals surface area contributed by atoms with E-state index in [9.17, 15) is 0 Å². The van der Waals surface area contributed by atoms with Crippen LogP contribution in [0.3, 0.4) is 0 Å². The van der Waals surface area contributed by atoms with E-state index in [0.29, 0.717) is 5.82 Å². The van der Waals surface area contributed by atoms with Crippen LogP contribution < -0.4 is 0 Å². The van der Waals surface area contributed by atoms with Crippen molar-refractivity contribution in [3.8, 4) is 78.5 Å². The summed E-state index contributed by atoms with van der Waals surface area (Å²) in [5.41, 5.74) is 17.7. The molecule has 10 rings (SSSR count). The molecule has 2 aromatic heterocycles. The highest BCUT2D eigenvalue weighted by molar-refractivity contribution is 6.01. The van der Waals surface area contributed by atoms with Crippen molar-refractivity contribution < 1.29 is 0 Å². The van der Waals surface area contributed by atoms with Crippen LogP contribution in [-0.2, 0) is 5.41 Å². The minimum atomic E-state index is -0.121. The molecule has 0 atom stereocenters. The van der Waals surface area contributed by atoms with Crippen molar-refractivity contribution >= 4 is 10.9 Å². The van der Waals surface area contributed by atoms with E-state index in [4.69, 9.17) is 15.0 Å². The van der Waals surface area contributed by atoms with Crippen molar-refractivity contribution in [2.45, 2.75) is 19.3 Å². The van der Waals surface area contributed by atoms with Crippen LogP contribution in [0.15, 0.2) is 188 Å². The number of benzene rings is 7. The summed E-state index contributed by atoms with van der Waals surface area (Å²) in [4.78, 5) is 15.5. The fraction of sp³-hybridized carbons (Fsp3) is 0.0577. The molecule has 2 heterocycles. The first kappa shape index (κ1) is 32.7. The molecule has 3 heteroatoms. The number of hydrogen-bond donors (Lipinski definition) is 0. The van der Waals surface area contributed by atoms with Gasteiger partial charge in [-0.05, 0) is 68.8 Å². The summed E-state index contributed by atoms with van der Waals surface area (Å²) in [7, 11) is 0. The number of rotatable bonds is 6. The van der Waals surface area contributed by atoms with Crippen LogP contribution in [0, 0.1) is 0 Å². The highest BCUT2D eigenvalue weighted by atomic mass is 14.9. The van der Waals surface area contributed by atoms with Gasteiger partial charge in [-0.2, -0.15) is 0 Å². The Bertz CT molecular complexity index is 2790. The van der Waals surface area contributed by atoms with Crippen molar-refractivity contribution in [3.63, 3.8) is 0 Å². The average Bonchev–Trinajstić information content (AvgIpc) is 3.48. The molecule has 1 aliphatic carbocycles. The van der Waals surface area contributed by atoms with E-state index < -0.39 is 0 Å². The van der Waals surface area contributed by atoms with Gasteiger partial charge >= 0.3 is 0 Å². The van der Waals surface area contributed by atoms with Gasteiger partial charge in [-0.15, -0.1) is 0 Å². The van der Waals surface area contributed by atoms with E-state index in [2.05, 4.69) is 166 Å². The normalized spacial score (nSPS) is 12.7. The van der Waals surface area contributed by atoms with Crippen molar-refractivity contribution in [3.05, 3.63) is 199 Å². The van der Waals surface area contributed by atoms with Gasteiger partial charge < -0.3 is 0 Å². The third-order valence-electron chi connectivity index (χ3n) is 11.1. The van der Waals surface area contributed by atoms with Crippen molar-refractivity contribution in [2.75, 3.05) is 0 Å². The van der Waals surface area contributed by atoms with Crippen molar-refractivity contribution in [1.82, 2.24) is 15.0 Å². The molecule has 0 saturated carbocycles. The highest BCUT2D eigenvalue weighted by Gasteiger charge is 2.35. The molecule has 0 unspecified atom stereocenters. The Labute approximate surface area is 321 Å². The molecule has 0 bridgehead atoms. The Morgan fingerprint density at radius 1 is 0.327 bits per heavy atom. The Morgan fingerprint density at radius 3 is 1.44 bits per heavy atom. The molecule has 0 amide bonds. The molecule has 260 valence electrons. The van der Waals surface area contributed by atoms with Gasteiger partial charge in [0.2, 0.25) is 0 Å². The zero-order chi connectivity index (χ0) is 36.9. The molecule has 9 aromatic rings. The maximum atomic E-state index is 5.36. The fourth-order valence-corrected chi connectivity index (χ4v) is 8.16. The second-order valence-corrected chi connectivity index (χ2v) is 14.9. The molecule has 0 saturated heterocycles. The van der Waals surface area contributed by atoms with E-state index in [0.717, 1.165) is 61.4 Å². The molecule has 7 aromatic carbocycles. The van der Waals surface area contributed by atoms with Crippen molar-refractivity contribution in [2.24, 2.45) is 0 Å². The van der Waals surface area contributed by atoms with Crippen molar-refractivity contribution in [1.29, 1.82) is 0 Å². The lowest BCUT2D eigenvalue weighted by Gasteiger charge is -2.22. The lowest BCUT2D eigenvalue weighted by molar-refractivity contribution is 0.661. The minimum Gasteiger partial charge on any atom is -0.248 e. The summed E-state index contributed by atoms with van der Waals surface area (Å²) in [6.45, 7) is 4.65. The molecule has 0 radical (unpaired) electrons. The molecule has 0 aliphatic heterocycles. The SMILES string of the molecule is CC1(C)c2ccccc2-c2cc3c(-c4ccc(-c5nc(-c6ccccc6)cc(-c6ccccc6)n5)cc4)cc(-c4ccc(-c5ccccc5)cc4)nc3cc21. The van der Waals surface area contributed by atoms with Gasteiger partial charge in [0.1, 0.15) is 0 Å². The summed E-state index contributed by atoms with van der Waals surface area (Å²) in [5, 5.41) is 1.14. The van der Waals surface area contributed by atoms with Gasteiger partial charge in [-0.25, -0.2) is 15.0 Å². The Hall–Kier alpha value is -6.97. The van der Waals surface area contributed by atoms with Crippen LogP contribution >= 0.6 is 0 Å². The van der Waals surface area contributed by atoms with Gasteiger partial charge in [-0.3, -0.25) is 0 Å². The summed E-state index contributed by atoms with van der Waals surface area (Å²) in [5.74, 6) is 0.696. The molecular weight excluding hydrogens is 667 g/mol. The molecule has 1 aliphatic rings. The smallest absolute Gasteiger partial charge is 0.160 e. The lowest BCUT2D eigenvalue weighted by atomic mass is 9.82. The quantitative estimate of drug-likeness (QED) is 0.173. The van der Waals surface area contributed by atoms with Gasteiger partial charge in [0.25, 0.3) is 0 Å². The average molecular weight is 704 g/mol. The second-order valence-electron chi connectivity index (χ2n) is 14.9. The Kier molecular flexibility index (Phi) is 7.81. The van der Waals surface area contributed by atoms with Crippen LogP contribution in [0.1, 0.15) is 25.0 Å². The van der Waals surface area contributed by atoms with Crippen LogP contribution in [0.2, 0.25) is 0 Å².